The molecule has 6 nitrogen and oxygen atoms in total. The van der Waals surface area contributed by atoms with Crippen LogP contribution >= 0.6 is 0 Å². The lowest BCUT2D eigenvalue weighted by molar-refractivity contribution is 0.0925. The minimum absolute atomic E-state index is 0.0720. The first-order valence-corrected chi connectivity index (χ1v) is 10.7. The fraction of sp³-hybridized carbons (Fsp3) is 0.381. The summed E-state index contributed by atoms with van der Waals surface area (Å²) in [5.41, 5.74) is 1.12. The Morgan fingerprint density at radius 1 is 1.14 bits per heavy atom. The lowest BCUT2D eigenvalue weighted by Crippen LogP contribution is -2.40. The van der Waals surface area contributed by atoms with E-state index in [1.807, 2.05) is 13.8 Å². The molecule has 1 N–H and O–H groups in total. The van der Waals surface area contributed by atoms with Crippen LogP contribution < -0.4 is 10.1 Å². The van der Waals surface area contributed by atoms with E-state index in [1.54, 1.807) is 12.1 Å². The topological polar surface area (TPSA) is 75.7 Å². The standard InChI is InChI=1S/C21H27FN2O4S/c1-14(2)18(12-15-6-9-17(22)10-7-15)23-21(25)16-8-11-19(28-5)20(13-16)29(26,27)24(3)4/h6-11,13-14,18H,12H2,1-5H3,(H,23,25). The molecule has 0 aliphatic carbocycles. The van der Waals surface area contributed by atoms with Gasteiger partial charge in [-0.3, -0.25) is 4.79 Å². The first-order valence-electron chi connectivity index (χ1n) is 9.22. The summed E-state index contributed by atoms with van der Waals surface area (Å²) < 4.78 is 44.5. The molecule has 1 unspecified atom stereocenters. The Labute approximate surface area is 171 Å². The summed E-state index contributed by atoms with van der Waals surface area (Å²) in [6.45, 7) is 3.95. The zero-order valence-electron chi connectivity index (χ0n) is 17.3. The Balaban J connectivity index is 2.29. The van der Waals surface area contributed by atoms with Gasteiger partial charge in [-0.1, -0.05) is 26.0 Å². The van der Waals surface area contributed by atoms with Crippen molar-refractivity contribution < 1.29 is 22.3 Å². The minimum atomic E-state index is -3.78. The van der Waals surface area contributed by atoms with Crippen LogP contribution in [0, 0.1) is 11.7 Å². The molecule has 0 bridgehead atoms. The van der Waals surface area contributed by atoms with Crippen molar-refractivity contribution in [1.29, 1.82) is 0 Å². The van der Waals surface area contributed by atoms with Crippen LogP contribution in [-0.4, -0.2) is 45.9 Å². The Hall–Kier alpha value is -2.45. The number of amides is 1. The van der Waals surface area contributed by atoms with Crippen molar-refractivity contribution in [3.63, 3.8) is 0 Å². The highest BCUT2D eigenvalue weighted by Gasteiger charge is 2.25. The number of sulfonamides is 1. The van der Waals surface area contributed by atoms with Crippen LogP contribution in [0.3, 0.4) is 0 Å². The monoisotopic (exact) mass is 422 g/mol. The fourth-order valence-corrected chi connectivity index (χ4v) is 3.87. The van der Waals surface area contributed by atoms with E-state index in [1.165, 1.54) is 51.5 Å². The molecule has 0 saturated carbocycles. The maximum atomic E-state index is 13.1. The maximum absolute atomic E-state index is 13.1. The Morgan fingerprint density at radius 2 is 1.76 bits per heavy atom. The summed E-state index contributed by atoms with van der Waals surface area (Å²) in [6.07, 6.45) is 0.530. The quantitative estimate of drug-likeness (QED) is 0.709. The van der Waals surface area contributed by atoms with Crippen LogP contribution in [0.1, 0.15) is 29.8 Å². The third-order valence-electron chi connectivity index (χ3n) is 4.67. The number of methoxy groups -OCH3 is 1. The number of ether oxygens (including phenoxy) is 1. The van der Waals surface area contributed by atoms with Crippen molar-refractivity contribution in [3.05, 3.63) is 59.4 Å². The summed E-state index contributed by atoms with van der Waals surface area (Å²) in [6, 6.07) is 10.3. The predicted molar refractivity (Wildman–Crippen MR) is 110 cm³/mol. The number of hydrogen-bond acceptors (Lipinski definition) is 4. The van der Waals surface area contributed by atoms with Gasteiger partial charge >= 0.3 is 0 Å². The van der Waals surface area contributed by atoms with Crippen molar-refractivity contribution in [1.82, 2.24) is 9.62 Å². The molecule has 1 amide bonds. The second-order valence-electron chi connectivity index (χ2n) is 7.31. The van der Waals surface area contributed by atoms with Gasteiger partial charge in [-0.15, -0.1) is 0 Å². The molecule has 158 valence electrons. The highest BCUT2D eigenvalue weighted by molar-refractivity contribution is 7.89. The molecule has 2 rings (SSSR count). The third kappa shape index (κ3) is 5.55. The second-order valence-corrected chi connectivity index (χ2v) is 9.43. The molecule has 2 aromatic carbocycles. The van der Waals surface area contributed by atoms with Crippen LogP contribution in [0.4, 0.5) is 4.39 Å². The maximum Gasteiger partial charge on any atom is 0.251 e. The van der Waals surface area contributed by atoms with Gasteiger partial charge in [0.15, 0.2) is 0 Å². The van der Waals surface area contributed by atoms with E-state index in [9.17, 15) is 17.6 Å². The molecule has 0 spiro atoms. The normalized spacial score (nSPS) is 12.8. The van der Waals surface area contributed by atoms with E-state index in [0.29, 0.717) is 6.42 Å². The molecule has 0 aliphatic rings. The Kier molecular flexibility index (Phi) is 7.37. The summed E-state index contributed by atoms with van der Waals surface area (Å²) in [4.78, 5) is 12.8. The highest BCUT2D eigenvalue weighted by Crippen LogP contribution is 2.27. The van der Waals surface area contributed by atoms with Crippen molar-refractivity contribution in [2.45, 2.75) is 31.2 Å². The smallest absolute Gasteiger partial charge is 0.251 e. The van der Waals surface area contributed by atoms with Crippen LogP contribution in [0.2, 0.25) is 0 Å². The molecular formula is C21H27FN2O4S. The van der Waals surface area contributed by atoms with E-state index < -0.39 is 10.0 Å². The summed E-state index contributed by atoms with van der Waals surface area (Å²) in [5.74, 6) is -0.412. The molecule has 0 aliphatic heterocycles. The van der Waals surface area contributed by atoms with Crippen molar-refractivity contribution >= 4 is 15.9 Å². The fourth-order valence-electron chi connectivity index (χ4n) is 2.80. The minimum Gasteiger partial charge on any atom is -0.495 e. The number of nitrogens with one attached hydrogen (secondary N) is 1. The average Bonchev–Trinajstić information content (AvgIpc) is 2.68. The molecule has 1 atom stereocenters. The summed E-state index contributed by atoms with van der Waals surface area (Å²) >= 11 is 0. The molecule has 0 heterocycles. The lowest BCUT2D eigenvalue weighted by atomic mass is 9.96. The van der Waals surface area contributed by atoms with Crippen LogP contribution in [0.25, 0.3) is 0 Å². The zero-order valence-corrected chi connectivity index (χ0v) is 18.1. The van der Waals surface area contributed by atoms with E-state index >= 15 is 0 Å². The average molecular weight is 423 g/mol. The molecule has 8 heteroatoms. The number of nitrogens with zero attached hydrogens (tertiary/aromatic N) is 1. The number of hydrogen-bond donors (Lipinski definition) is 1. The number of benzene rings is 2. The molecule has 29 heavy (non-hydrogen) atoms. The van der Waals surface area contributed by atoms with Gasteiger partial charge in [-0.05, 0) is 48.2 Å². The number of carbonyl (C=O) groups excluding carboxylic acids is 1. The van der Waals surface area contributed by atoms with Gasteiger partial charge in [-0.2, -0.15) is 0 Å². The van der Waals surface area contributed by atoms with Gasteiger partial charge in [0.1, 0.15) is 16.5 Å². The van der Waals surface area contributed by atoms with Gasteiger partial charge in [0.05, 0.1) is 7.11 Å². The zero-order chi connectivity index (χ0) is 21.8. The van der Waals surface area contributed by atoms with Crippen molar-refractivity contribution in [2.24, 2.45) is 5.92 Å². The van der Waals surface area contributed by atoms with Crippen molar-refractivity contribution in [2.75, 3.05) is 21.2 Å². The number of halogens is 1. The molecule has 0 radical (unpaired) electrons. The van der Waals surface area contributed by atoms with Crippen LogP contribution in [0.5, 0.6) is 5.75 Å². The first kappa shape index (κ1) is 22.8. The summed E-state index contributed by atoms with van der Waals surface area (Å²) in [5, 5.41) is 2.96. The molecule has 0 aromatic heterocycles. The largest absolute Gasteiger partial charge is 0.495 e. The van der Waals surface area contributed by atoms with E-state index in [0.717, 1.165) is 9.87 Å². The van der Waals surface area contributed by atoms with Gasteiger partial charge in [0.2, 0.25) is 10.0 Å². The number of carbonyl (C=O) groups is 1. The Bertz CT molecular complexity index is 957. The highest BCUT2D eigenvalue weighted by atomic mass is 32.2. The third-order valence-corrected chi connectivity index (χ3v) is 6.51. The van der Waals surface area contributed by atoms with Crippen LogP contribution in [-0.2, 0) is 16.4 Å². The molecular weight excluding hydrogens is 395 g/mol. The van der Waals surface area contributed by atoms with Gasteiger partial charge < -0.3 is 10.1 Å². The Morgan fingerprint density at radius 3 is 2.28 bits per heavy atom. The van der Waals surface area contributed by atoms with Gasteiger partial charge in [-0.25, -0.2) is 17.1 Å². The molecule has 0 fully saturated rings. The SMILES string of the molecule is COc1ccc(C(=O)NC(Cc2ccc(F)cc2)C(C)C)cc1S(=O)(=O)N(C)C. The van der Waals surface area contributed by atoms with Gasteiger partial charge in [0, 0.05) is 25.7 Å². The summed E-state index contributed by atoms with van der Waals surface area (Å²) in [7, 11) is 0.427. The first-order chi connectivity index (χ1) is 13.6. The van der Waals surface area contributed by atoms with E-state index in [-0.39, 0.29) is 39.9 Å². The predicted octanol–water partition coefficient (Wildman–Crippen LogP) is 3.08. The number of rotatable bonds is 8. The molecule has 0 saturated heterocycles. The van der Waals surface area contributed by atoms with Crippen LogP contribution in [0.15, 0.2) is 47.4 Å². The van der Waals surface area contributed by atoms with Crippen molar-refractivity contribution in [3.8, 4) is 5.75 Å². The second kappa shape index (κ2) is 9.37. The van der Waals surface area contributed by atoms with E-state index in [4.69, 9.17) is 4.74 Å². The lowest BCUT2D eigenvalue weighted by Gasteiger charge is -2.23. The van der Waals surface area contributed by atoms with Gasteiger partial charge in [0.25, 0.3) is 5.91 Å². The van der Waals surface area contributed by atoms with E-state index in [2.05, 4.69) is 5.32 Å². The molecule has 2 aromatic rings.